The summed E-state index contributed by atoms with van der Waals surface area (Å²) in [4.78, 5) is 13.1. The van der Waals surface area contributed by atoms with Crippen molar-refractivity contribution in [1.29, 1.82) is 0 Å². The monoisotopic (exact) mass is 289 g/mol. The molecule has 0 unspecified atom stereocenters. The number of nitrogens with zero attached hydrogens (tertiary/aromatic N) is 1. The molecule has 0 spiro atoms. The standard InChI is InChI=1S/C18H27NO2/c1-4-5-8-13-19(15(2)3)14-17-10-7-6-9-16(17)11-12-18(20)21/h6-7,9-12,15H,4-5,8,13-14H2,1-3H3,(H,20,21). The molecule has 0 amide bonds. The third-order valence-electron chi connectivity index (χ3n) is 3.61. The first kappa shape index (κ1) is 17.4. The Morgan fingerprint density at radius 2 is 2.00 bits per heavy atom. The number of rotatable bonds is 9. The second-order valence-corrected chi connectivity index (χ2v) is 5.64. The fourth-order valence-corrected chi connectivity index (χ4v) is 2.31. The zero-order chi connectivity index (χ0) is 15.7. The molecule has 1 rings (SSSR count). The van der Waals surface area contributed by atoms with Crippen molar-refractivity contribution in [3.63, 3.8) is 0 Å². The lowest BCUT2D eigenvalue weighted by atomic mass is 10.1. The van der Waals surface area contributed by atoms with Gasteiger partial charge in [-0.05, 0) is 44.0 Å². The molecule has 0 bridgehead atoms. The molecule has 0 aliphatic carbocycles. The molecule has 1 aromatic carbocycles. The summed E-state index contributed by atoms with van der Waals surface area (Å²) in [5.74, 6) is -0.909. The summed E-state index contributed by atoms with van der Waals surface area (Å²) in [5.41, 5.74) is 2.17. The fourth-order valence-electron chi connectivity index (χ4n) is 2.31. The molecule has 0 aliphatic heterocycles. The second kappa shape index (κ2) is 9.35. The molecule has 3 nitrogen and oxygen atoms in total. The molecule has 1 N–H and O–H groups in total. The molecule has 21 heavy (non-hydrogen) atoms. The van der Waals surface area contributed by atoms with Gasteiger partial charge in [0.15, 0.2) is 0 Å². The Labute approximate surface area is 128 Å². The van der Waals surface area contributed by atoms with Crippen LogP contribution in [0.5, 0.6) is 0 Å². The van der Waals surface area contributed by atoms with Crippen LogP contribution in [0, 0.1) is 0 Å². The van der Waals surface area contributed by atoms with E-state index in [1.165, 1.54) is 30.9 Å². The highest BCUT2D eigenvalue weighted by Gasteiger charge is 2.11. The number of benzene rings is 1. The molecule has 3 heteroatoms. The minimum absolute atomic E-state index is 0.485. The van der Waals surface area contributed by atoms with Crippen LogP contribution in [-0.4, -0.2) is 28.6 Å². The van der Waals surface area contributed by atoms with Gasteiger partial charge in [-0.25, -0.2) is 4.79 Å². The van der Waals surface area contributed by atoms with Crippen molar-refractivity contribution in [2.45, 2.75) is 52.6 Å². The van der Waals surface area contributed by atoms with Gasteiger partial charge in [-0.2, -0.15) is 0 Å². The lowest BCUT2D eigenvalue weighted by Crippen LogP contribution is -2.31. The molecule has 0 saturated heterocycles. The van der Waals surface area contributed by atoms with Gasteiger partial charge < -0.3 is 5.11 Å². The van der Waals surface area contributed by atoms with E-state index < -0.39 is 5.97 Å². The summed E-state index contributed by atoms with van der Waals surface area (Å²) in [6, 6.07) is 8.49. The summed E-state index contributed by atoms with van der Waals surface area (Å²) in [6.45, 7) is 8.58. The average molecular weight is 289 g/mol. The molecule has 0 atom stereocenters. The first-order chi connectivity index (χ1) is 10.0. The van der Waals surface area contributed by atoms with Crippen LogP contribution in [0.3, 0.4) is 0 Å². The minimum atomic E-state index is -0.909. The number of aliphatic carboxylic acids is 1. The molecular weight excluding hydrogens is 262 g/mol. The van der Waals surface area contributed by atoms with Crippen LogP contribution in [0.15, 0.2) is 30.3 Å². The number of carbonyl (C=O) groups is 1. The van der Waals surface area contributed by atoms with Gasteiger partial charge in [0.1, 0.15) is 0 Å². The van der Waals surface area contributed by atoms with Crippen molar-refractivity contribution in [3.05, 3.63) is 41.5 Å². The highest BCUT2D eigenvalue weighted by Crippen LogP contribution is 2.16. The van der Waals surface area contributed by atoms with E-state index in [2.05, 4.69) is 31.7 Å². The Morgan fingerprint density at radius 1 is 1.29 bits per heavy atom. The van der Waals surface area contributed by atoms with Gasteiger partial charge in [-0.3, -0.25) is 4.90 Å². The van der Waals surface area contributed by atoms with Crippen molar-refractivity contribution in [1.82, 2.24) is 4.90 Å². The Kier molecular flexibility index (Phi) is 7.76. The summed E-state index contributed by atoms with van der Waals surface area (Å²) in [7, 11) is 0. The van der Waals surface area contributed by atoms with E-state index in [9.17, 15) is 4.79 Å². The summed E-state index contributed by atoms with van der Waals surface area (Å²) >= 11 is 0. The molecule has 0 aliphatic rings. The van der Waals surface area contributed by atoms with Gasteiger partial charge in [-0.1, -0.05) is 44.0 Å². The van der Waals surface area contributed by atoms with E-state index in [-0.39, 0.29) is 0 Å². The maximum atomic E-state index is 10.7. The molecule has 1 aromatic rings. The van der Waals surface area contributed by atoms with Crippen molar-refractivity contribution in [2.24, 2.45) is 0 Å². The smallest absolute Gasteiger partial charge is 0.328 e. The first-order valence-corrected chi connectivity index (χ1v) is 7.77. The van der Waals surface area contributed by atoms with Crippen molar-refractivity contribution < 1.29 is 9.90 Å². The van der Waals surface area contributed by atoms with E-state index in [4.69, 9.17) is 5.11 Å². The van der Waals surface area contributed by atoms with Crippen LogP contribution in [-0.2, 0) is 11.3 Å². The second-order valence-electron chi connectivity index (χ2n) is 5.64. The maximum absolute atomic E-state index is 10.7. The quantitative estimate of drug-likeness (QED) is 0.547. The zero-order valence-corrected chi connectivity index (χ0v) is 13.4. The predicted molar refractivity (Wildman–Crippen MR) is 88.2 cm³/mol. The SMILES string of the molecule is CCCCCN(Cc1ccccc1C=CC(=O)O)C(C)C. The van der Waals surface area contributed by atoms with Gasteiger partial charge in [0.2, 0.25) is 0 Å². The predicted octanol–water partition coefficient (Wildman–Crippen LogP) is 4.19. The van der Waals surface area contributed by atoms with Gasteiger partial charge >= 0.3 is 5.97 Å². The van der Waals surface area contributed by atoms with Crippen LogP contribution in [0.25, 0.3) is 6.08 Å². The number of unbranched alkanes of at least 4 members (excludes halogenated alkanes) is 2. The summed E-state index contributed by atoms with van der Waals surface area (Å²) in [5, 5.41) is 8.78. The Balaban J connectivity index is 2.80. The molecule has 0 saturated carbocycles. The molecule has 116 valence electrons. The van der Waals surface area contributed by atoms with E-state index in [1.807, 2.05) is 18.2 Å². The van der Waals surface area contributed by atoms with E-state index in [0.29, 0.717) is 6.04 Å². The van der Waals surface area contributed by atoms with E-state index in [0.717, 1.165) is 18.7 Å². The van der Waals surface area contributed by atoms with E-state index in [1.54, 1.807) is 6.08 Å². The number of carboxylic acids is 1. The third kappa shape index (κ3) is 6.58. The Morgan fingerprint density at radius 3 is 2.62 bits per heavy atom. The Bertz CT molecular complexity index is 466. The number of hydrogen-bond acceptors (Lipinski definition) is 2. The zero-order valence-electron chi connectivity index (χ0n) is 13.4. The van der Waals surface area contributed by atoms with Crippen molar-refractivity contribution in [2.75, 3.05) is 6.54 Å². The van der Waals surface area contributed by atoms with Crippen LogP contribution in [0.1, 0.15) is 51.2 Å². The normalized spacial score (nSPS) is 11.7. The maximum Gasteiger partial charge on any atom is 0.328 e. The molecule has 0 radical (unpaired) electrons. The van der Waals surface area contributed by atoms with Crippen LogP contribution >= 0.6 is 0 Å². The molecule has 0 fully saturated rings. The summed E-state index contributed by atoms with van der Waals surface area (Å²) in [6.07, 6.45) is 6.58. The molecule has 0 heterocycles. The largest absolute Gasteiger partial charge is 0.478 e. The van der Waals surface area contributed by atoms with E-state index >= 15 is 0 Å². The average Bonchev–Trinajstić information content (AvgIpc) is 2.45. The van der Waals surface area contributed by atoms with Crippen molar-refractivity contribution in [3.8, 4) is 0 Å². The van der Waals surface area contributed by atoms with Gasteiger partial charge in [0, 0.05) is 18.7 Å². The van der Waals surface area contributed by atoms with Crippen LogP contribution in [0.4, 0.5) is 0 Å². The lowest BCUT2D eigenvalue weighted by molar-refractivity contribution is -0.131. The lowest BCUT2D eigenvalue weighted by Gasteiger charge is -2.27. The highest BCUT2D eigenvalue weighted by molar-refractivity contribution is 5.85. The van der Waals surface area contributed by atoms with Gasteiger partial charge in [-0.15, -0.1) is 0 Å². The number of carboxylic acid groups (broad SMARTS) is 1. The first-order valence-electron chi connectivity index (χ1n) is 7.77. The van der Waals surface area contributed by atoms with Crippen LogP contribution in [0.2, 0.25) is 0 Å². The minimum Gasteiger partial charge on any atom is -0.478 e. The fraction of sp³-hybridized carbons (Fsp3) is 0.500. The molecular formula is C18H27NO2. The molecule has 0 aromatic heterocycles. The van der Waals surface area contributed by atoms with Gasteiger partial charge in [0.25, 0.3) is 0 Å². The van der Waals surface area contributed by atoms with Crippen LogP contribution < -0.4 is 0 Å². The number of hydrogen-bond donors (Lipinski definition) is 1. The van der Waals surface area contributed by atoms with Crippen molar-refractivity contribution >= 4 is 12.0 Å². The highest BCUT2D eigenvalue weighted by atomic mass is 16.4. The van der Waals surface area contributed by atoms with Gasteiger partial charge in [0.05, 0.1) is 0 Å². The Hall–Kier alpha value is -1.61. The third-order valence-corrected chi connectivity index (χ3v) is 3.61. The summed E-state index contributed by atoms with van der Waals surface area (Å²) < 4.78 is 0. The topological polar surface area (TPSA) is 40.5 Å².